The third kappa shape index (κ3) is 2.18. The molecule has 0 aliphatic carbocycles. The van der Waals surface area contributed by atoms with Gasteiger partial charge in [-0.15, -0.1) is 0 Å². The zero-order chi connectivity index (χ0) is 10.7. The molecule has 1 nitrogen and oxygen atoms in total. The first-order chi connectivity index (χ1) is 7.27. The molecule has 2 aromatic rings. The van der Waals surface area contributed by atoms with Crippen LogP contribution in [0.15, 0.2) is 54.6 Å². The average Bonchev–Trinajstić information content (AvgIpc) is 2.30. The van der Waals surface area contributed by atoms with Gasteiger partial charge in [-0.1, -0.05) is 49.4 Å². The molecule has 1 unspecified atom stereocenters. The topological polar surface area (TPSA) is 20.2 Å². The van der Waals surface area contributed by atoms with E-state index >= 15 is 0 Å². The Kier molecular flexibility index (Phi) is 2.72. The predicted molar refractivity (Wildman–Crippen MR) is 62.1 cm³/mol. The fraction of sp³-hybridized carbons (Fsp3) is 0.143. The van der Waals surface area contributed by atoms with Gasteiger partial charge in [0.1, 0.15) is 5.75 Å². The third-order valence-corrected chi connectivity index (χ3v) is 2.69. The number of hydrogen-bond donors (Lipinski definition) is 1. The van der Waals surface area contributed by atoms with Crippen molar-refractivity contribution < 1.29 is 5.11 Å². The summed E-state index contributed by atoms with van der Waals surface area (Å²) in [6.45, 7) is 2.17. The lowest BCUT2D eigenvalue weighted by molar-refractivity contribution is 0.475. The highest BCUT2D eigenvalue weighted by Gasteiger charge is 2.06. The molecule has 1 N–H and O–H groups in total. The minimum Gasteiger partial charge on any atom is -0.508 e. The Balaban J connectivity index is 2.29. The monoisotopic (exact) mass is 198 g/mol. The molecular formula is C14H14O. The second-order valence-electron chi connectivity index (χ2n) is 3.72. The molecule has 76 valence electrons. The third-order valence-electron chi connectivity index (χ3n) is 2.69. The van der Waals surface area contributed by atoms with Gasteiger partial charge in [0.05, 0.1) is 0 Å². The SMILES string of the molecule is CC(c1ccccc1)c1ccc(O)cc1. The van der Waals surface area contributed by atoms with Crippen molar-refractivity contribution in [3.63, 3.8) is 0 Å². The van der Waals surface area contributed by atoms with E-state index in [1.165, 1.54) is 11.1 Å². The first-order valence-electron chi connectivity index (χ1n) is 5.11. The molecule has 0 saturated carbocycles. The van der Waals surface area contributed by atoms with Gasteiger partial charge in [-0.3, -0.25) is 0 Å². The van der Waals surface area contributed by atoms with E-state index in [-0.39, 0.29) is 0 Å². The fourth-order valence-corrected chi connectivity index (χ4v) is 1.70. The van der Waals surface area contributed by atoms with E-state index in [0.29, 0.717) is 11.7 Å². The van der Waals surface area contributed by atoms with E-state index in [2.05, 4.69) is 19.1 Å². The summed E-state index contributed by atoms with van der Waals surface area (Å²) in [5, 5.41) is 9.21. The number of rotatable bonds is 2. The summed E-state index contributed by atoms with van der Waals surface area (Å²) in [6, 6.07) is 17.8. The molecule has 2 rings (SSSR count). The van der Waals surface area contributed by atoms with Gasteiger partial charge in [-0.05, 0) is 23.3 Å². The lowest BCUT2D eigenvalue weighted by atomic mass is 9.93. The summed E-state index contributed by atoms with van der Waals surface area (Å²) in [7, 11) is 0. The van der Waals surface area contributed by atoms with Crippen LogP contribution in [-0.4, -0.2) is 5.11 Å². The van der Waals surface area contributed by atoms with Crippen molar-refractivity contribution in [2.24, 2.45) is 0 Å². The van der Waals surface area contributed by atoms with E-state index in [9.17, 15) is 5.11 Å². The van der Waals surface area contributed by atoms with E-state index in [0.717, 1.165) is 0 Å². The first kappa shape index (κ1) is 9.78. The number of aromatic hydroxyl groups is 1. The highest BCUT2D eigenvalue weighted by Crippen LogP contribution is 2.24. The van der Waals surface area contributed by atoms with Crippen molar-refractivity contribution in [1.29, 1.82) is 0 Å². The number of phenols is 1. The van der Waals surface area contributed by atoms with Gasteiger partial charge in [0.25, 0.3) is 0 Å². The Morgan fingerprint density at radius 3 is 1.93 bits per heavy atom. The molecule has 0 aliphatic rings. The summed E-state index contributed by atoms with van der Waals surface area (Å²) in [4.78, 5) is 0. The fourth-order valence-electron chi connectivity index (χ4n) is 1.70. The lowest BCUT2D eigenvalue weighted by Crippen LogP contribution is -1.94. The van der Waals surface area contributed by atoms with Crippen molar-refractivity contribution in [3.8, 4) is 5.75 Å². The van der Waals surface area contributed by atoms with Gasteiger partial charge in [0.2, 0.25) is 0 Å². The molecule has 0 radical (unpaired) electrons. The van der Waals surface area contributed by atoms with Crippen LogP contribution in [0, 0.1) is 0 Å². The molecule has 1 heteroatoms. The number of hydrogen-bond acceptors (Lipinski definition) is 1. The Hall–Kier alpha value is -1.76. The number of phenolic OH excluding ortho intramolecular Hbond substituents is 1. The van der Waals surface area contributed by atoms with Gasteiger partial charge in [0, 0.05) is 5.92 Å². The van der Waals surface area contributed by atoms with Crippen molar-refractivity contribution in [3.05, 3.63) is 65.7 Å². The van der Waals surface area contributed by atoms with Gasteiger partial charge >= 0.3 is 0 Å². The lowest BCUT2D eigenvalue weighted by Gasteiger charge is -2.12. The van der Waals surface area contributed by atoms with Crippen LogP contribution in [0.2, 0.25) is 0 Å². The highest BCUT2D eigenvalue weighted by molar-refractivity contribution is 5.34. The maximum absolute atomic E-state index is 9.21. The summed E-state index contributed by atoms with van der Waals surface area (Å²) < 4.78 is 0. The van der Waals surface area contributed by atoms with Gasteiger partial charge < -0.3 is 5.11 Å². The normalized spacial score (nSPS) is 12.3. The van der Waals surface area contributed by atoms with Crippen molar-refractivity contribution >= 4 is 0 Å². The van der Waals surface area contributed by atoms with Gasteiger partial charge in [-0.2, -0.15) is 0 Å². The molecule has 0 aromatic heterocycles. The second kappa shape index (κ2) is 4.18. The Bertz CT molecular complexity index is 417. The molecular weight excluding hydrogens is 184 g/mol. The zero-order valence-electron chi connectivity index (χ0n) is 8.72. The summed E-state index contributed by atoms with van der Waals surface area (Å²) in [6.07, 6.45) is 0. The van der Waals surface area contributed by atoms with E-state index in [4.69, 9.17) is 0 Å². The molecule has 15 heavy (non-hydrogen) atoms. The highest BCUT2D eigenvalue weighted by atomic mass is 16.3. The molecule has 0 amide bonds. The van der Waals surface area contributed by atoms with Crippen molar-refractivity contribution in [1.82, 2.24) is 0 Å². The molecule has 0 fully saturated rings. The van der Waals surface area contributed by atoms with Crippen LogP contribution in [-0.2, 0) is 0 Å². The molecule has 1 atom stereocenters. The zero-order valence-corrected chi connectivity index (χ0v) is 8.72. The van der Waals surface area contributed by atoms with Crippen molar-refractivity contribution in [2.45, 2.75) is 12.8 Å². The minimum absolute atomic E-state index is 0.319. The van der Waals surface area contributed by atoms with Crippen LogP contribution in [0.1, 0.15) is 24.0 Å². The molecule has 0 spiro atoms. The van der Waals surface area contributed by atoms with E-state index in [1.807, 2.05) is 30.3 Å². The van der Waals surface area contributed by atoms with Crippen LogP contribution in [0.5, 0.6) is 5.75 Å². The maximum atomic E-state index is 9.21. The molecule has 0 aliphatic heterocycles. The second-order valence-corrected chi connectivity index (χ2v) is 3.72. The summed E-state index contributed by atoms with van der Waals surface area (Å²) in [5.41, 5.74) is 2.52. The van der Waals surface area contributed by atoms with E-state index < -0.39 is 0 Å². The van der Waals surface area contributed by atoms with Crippen LogP contribution in [0.25, 0.3) is 0 Å². The Labute approximate surface area is 90.0 Å². The van der Waals surface area contributed by atoms with Gasteiger partial charge in [0.15, 0.2) is 0 Å². The Morgan fingerprint density at radius 2 is 1.33 bits per heavy atom. The number of benzene rings is 2. The molecule has 2 aromatic carbocycles. The van der Waals surface area contributed by atoms with Crippen LogP contribution in [0.3, 0.4) is 0 Å². The van der Waals surface area contributed by atoms with Gasteiger partial charge in [-0.25, -0.2) is 0 Å². The quantitative estimate of drug-likeness (QED) is 0.782. The summed E-state index contributed by atoms with van der Waals surface area (Å²) in [5.74, 6) is 0.686. The average molecular weight is 198 g/mol. The molecule has 0 bridgehead atoms. The van der Waals surface area contributed by atoms with Crippen LogP contribution >= 0.6 is 0 Å². The standard InChI is InChI=1S/C14H14O/c1-11(12-5-3-2-4-6-12)13-7-9-14(15)10-8-13/h2-11,15H,1H3. The maximum Gasteiger partial charge on any atom is 0.115 e. The minimum atomic E-state index is 0.319. The smallest absolute Gasteiger partial charge is 0.115 e. The first-order valence-corrected chi connectivity index (χ1v) is 5.11. The molecule has 0 heterocycles. The predicted octanol–water partition coefficient (Wildman–Crippen LogP) is 3.54. The van der Waals surface area contributed by atoms with Crippen LogP contribution < -0.4 is 0 Å². The molecule has 0 saturated heterocycles. The largest absolute Gasteiger partial charge is 0.508 e. The van der Waals surface area contributed by atoms with E-state index in [1.54, 1.807) is 12.1 Å². The van der Waals surface area contributed by atoms with Crippen LogP contribution in [0.4, 0.5) is 0 Å². The van der Waals surface area contributed by atoms with Crippen molar-refractivity contribution in [2.75, 3.05) is 0 Å². The Morgan fingerprint density at radius 1 is 0.800 bits per heavy atom. The summed E-state index contributed by atoms with van der Waals surface area (Å²) >= 11 is 0.